The highest BCUT2D eigenvalue weighted by molar-refractivity contribution is 6.34. The van der Waals surface area contributed by atoms with E-state index in [9.17, 15) is 4.79 Å². The number of carbonyl (C=O) groups excluding carboxylic acids is 1. The maximum atomic E-state index is 13.2. The molecular weight excluding hydrogens is 373 g/mol. The van der Waals surface area contributed by atoms with Crippen molar-refractivity contribution in [1.82, 2.24) is 14.3 Å². The minimum Gasteiger partial charge on any atom is -0.370 e. The van der Waals surface area contributed by atoms with Crippen LogP contribution in [0.15, 0.2) is 42.6 Å². The zero-order valence-corrected chi connectivity index (χ0v) is 15.7. The predicted octanol–water partition coefficient (Wildman–Crippen LogP) is 4.16. The van der Waals surface area contributed by atoms with Crippen molar-refractivity contribution in [2.75, 3.05) is 19.7 Å². The molecule has 7 heteroatoms. The SMILES string of the molecule is Cc1nc2ccccn2c1C(=O)N1CCOC(c2cc(Cl)cc(Cl)c2)C1. The molecule has 1 unspecified atom stereocenters. The van der Waals surface area contributed by atoms with Gasteiger partial charge in [-0.15, -0.1) is 0 Å². The molecule has 3 aromatic rings. The van der Waals surface area contributed by atoms with Crippen LogP contribution in [0.4, 0.5) is 0 Å². The first-order chi connectivity index (χ1) is 12.5. The molecule has 3 heterocycles. The summed E-state index contributed by atoms with van der Waals surface area (Å²) >= 11 is 12.2. The number of aryl methyl sites for hydroxylation is 1. The Balaban J connectivity index is 1.63. The number of carbonyl (C=O) groups is 1. The summed E-state index contributed by atoms with van der Waals surface area (Å²) in [6.07, 6.45) is 1.60. The summed E-state index contributed by atoms with van der Waals surface area (Å²) in [7, 11) is 0. The highest BCUT2D eigenvalue weighted by atomic mass is 35.5. The van der Waals surface area contributed by atoms with Crippen LogP contribution in [0.25, 0.3) is 5.65 Å². The third-order valence-electron chi connectivity index (χ3n) is 4.52. The van der Waals surface area contributed by atoms with Crippen molar-refractivity contribution in [3.8, 4) is 0 Å². The molecule has 1 atom stereocenters. The highest BCUT2D eigenvalue weighted by Crippen LogP contribution is 2.29. The van der Waals surface area contributed by atoms with Crippen molar-refractivity contribution in [3.05, 3.63) is 69.6 Å². The summed E-state index contributed by atoms with van der Waals surface area (Å²) in [5.74, 6) is -0.0531. The summed E-state index contributed by atoms with van der Waals surface area (Å²) < 4.78 is 7.69. The lowest BCUT2D eigenvalue weighted by Crippen LogP contribution is -2.42. The number of amides is 1. The quantitative estimate of drug-likeness (QED) is 0.660. The number of imidazole rings is 1. The van der Waals surface area contributed by atoms with Gasteiger partial charge < -0.3 is 9.64 Å². The molecule has 1 fully saturated rings. The number of hydrogen-bond donors (Lipinski definition) is 0. The van der Waals surface area contributed by atoms with Gasteiger partial charge in [0.2, 0.25) is 0 Å². The molecular formula is C19H17Cl2N3O2. The van der Waals surface area contributed by atoms with E-state index in [4.69, 9.17) is 27.9 Å². The summed E-state index contributed by atoms with van der Waals surface area (Å²) in [6, 6.07) is 11.0. The Labute approximate surface area is 161 Å². The summed E-state index contributed by atoms with van der Waals surface area (Å²) in [5.41, 5.74) is 2.94. The predicted molar refractivity (Wildman–Crippen MR) is 101 cm³/mol. The van der Waals surface area contributed by atoms with E-state index < -0.39 is 0 Å². The fraction of sp³-hybridized carbons (Fsp3) is 0.263. The second-order valence-electron chi connectivity index (χ2n) is 6.29. The molecule has 0 aliphatic carbocycles. The van der Waals surface area contributed by atoms with Crippen LogP contribution in [0.3, 0.4) is 0 Å². The van der Waals surface area contributed by atoms with E-state index in [1.165, 1.54) is 0 Å². The number of hydrogen-bond acceptors (Lipinski definition) is 3. The number of morpholine rings is 1. The average Bonchev–Trinajstić information content (AvgIpc) is 2.96. The molecule has 1 aliphatic rings. The van der Waals surface area contributed by atoms with E-state index >= 15 is 0 Å². The van der Waals surface area contributed by atoms with Gasteiger partial charge in [-0.2, -0.15) is 0 Å². The first-order valence-corrected chi connectivity index (χ1v) is 9.09. The largest absolute Gasteiger partial charge is 0.370 e. The van der Waals surface area contributed by atoms with Gasteiger partial charge in [0.05, 0.1) is 18.8 Å². The Morgan fingerprint density at radius 3 is 2.77 bits per heavy atom. The summed E-state index contributed by atoms with van der Waals surface area (Å²) in [6.45, 7) is 3.28. The van der Waals surface area contributed by atoms with E-state index in [1.807, 2.05) is 47.9 Å². The lowest BCUT2D eigenvalue weighted by molar-refractivity contribution is -0.0230. The van der Waals surface area contributed by atoms with Gasteiger partial charge >= 0.3 is 0 Å². The molecule has 26 heavy (non-hydrogen) atoms. The topological polar surface area (TPSA) is 46.8 Å². The maximum absolute atomic E-state index is 13.2. The molecule has 0 radical (unpaired) electrons. The normalized spacial score (nSPS) is 17.7. The average molecular weight is 390 g/mol. The van der Waals surface area contributed by atoms with Crippen LogP contribution in [0, 0.1) is 6.92 Å². The van der Waals surface area contributed by atoms with Gasteiger partial charge in [-0.3, -0.25) is 9.20 Å². The molecule has 0 N–H and O–H groups in total. The van der Waals surface area contributed by atoms with Crippen LogP contribution in [-0.4, -0.2) is 39.9 Å². The minimum absolute atomic E-state index is 0.0531. The Kier molecular flexibility index (Phi) is 4.61. The standard InChI is InChI=1S/C19H17Cl2N3O2/c1-12-18(24-5-3-2-4-17(24)22-12)19(25)23-6-7-26-16(11-23)13-8-14(20)10-15(21)9-13/h2-5,8-10,16H,6-7,11H2,1H3. The first-order valence-electron chi connectivity index (χ1n) is 8.33. The second-order valence-corrected chi connectivity index (χ2v) is 7.16. The zero-order chi connectivity index (χ0) is 18.3. The van der Waals surface area contributed by atoms with Gasteiger partial charge in [-0.05, 0) is 42.8 Å². The maximum Gasteiger partial charge on any atom is 0.272 e. The van der Waals surface area contributed by atoms with E-state index in [2.05, 4.69) is 4.98 Å². The molecule has 1 amide bonds. The molecule has 0 saturated carbocycles. The smallest absolute Gasteiger partial charge is 0.272 e. The molecule has 0 bridgehead atoms. The van der Waals surface area contributed by atoms with Gasteiger partial charge in [0.15, 0.2) is 0 Å². The fourth-order valence-corrected chi connectivity index (χ4v) is 3.86. The Morgan fingerprint density at radius 1 is 1.23 bits per heavy atom. The van der Waals surface area contributed by atoms with E-state index in [0.717, 1.165) is 16.9 Å². The van der Waals surface area contributed by atoms with Crippen LogP contribution in [0.2, 0.25) is 10.0 Å². The number of nitrogens with zero attached hydrogens (tertiary/aromatic N) is 3. The Morgan fingerprint density at radius 2 is 2.00 bits per heavy atom. The molecule has 5 nitrogen and oxygen atoms in total. The number of pyridine rings is 1. The fourth-order valence-electron chi connectivity index (χ4n) is 3.32. The summed E-state index contributed by atoms with van der Waals surface area (Å²) in [5, 5.41) is 1.11. The number of fused-ring (bicyclic) bond motifs is 1. The summed E-state index contributed by atoms with van der Waals surface area (Å²) in [4.78, 5) is 19.4. The second kappa shape index (κ2) is 6.91. The van der Waals surface area contributed by atoms with Crippen LogP contribution in [0.5, 0.6) is 0 Å². The van der Waals surface area contributed by atoms with Crippen LogP contribution < -0.4 is 0 Å². The zero-order valence-electron chi connectivity index (χ0n) is 14.2. The van der Waals surface area contributed by atoms with Crippen molar-refractivity contribution in [2.24, 2.45) is 0 Å². The molecule has 134 valence electrons. The van der Waals surface area contributed by atoms with Gasteiger partial charge in [0, 0.05) is 22.8 Å². The van der Waals surface area contributed by atoms with Gasteiger partial charge in [-0.1, -0.05) is 29.3 Å². The van der Waals surface area contributed by atoms with Crippen molar-refractivity contribution < 1.29 is 9.53 Å². The third-order valence-corrected chi connectivity index (χ3v) is 4.95. The Bertz CT molecular complexity index is 966. The van der Waals surface area contributed by atoms with Crippen LogP contribution in [-0.2, 0) is 4.74 Å². The molecule has 1 saturated heterocycles. The number of benzene rings is 1. The van der Waals surface area contributed by atoms with E-state index in [1.54, 1.807) is 11.0 Å². The lowest BCUT2D eigenvalue weighted by atomic mass is 10.1. The van der Waals surface area contributed by atoms with Crippen molar-refractivity contribution in [1.29, 1.82) is 0 Å². The first kappa shape index (κ1) is 17.3. The number of rotatable bonds is 2. The highest BCUT2D eigenvalue weighted by Gasteiger charge is 2.29. The number of ether oxygens (including phenoxy) is 1. The monoisotopic (exact) mass is 389 g/mol. The lowest BCUT2D eigenvalue weighted by Gasteiger charge is -2.33. The molecule has 2 aromatic heterocycles. The molecule has 1 aliphatic heterocycles. The van der Waals surface area contributed by atoms with Gasteiger partial charge in [0.25, 0.3) is 5.91 Å². The van der Waals surface area contributed by atoms with Crippen LogP contribution >= 0.6 is 23.2 Å². The van der Waals surface area contributed by atoms with Crippen molar-refractivity contribution in [2.45, 2.75) is 13.0 Å². The minimum atomic E-state index is -0.261. The van der Waals surface area contributed by atoms with Crippen molar-refractivity contribution in [3.63, 3.8) is 0 Å². The third kappa shape index (κ3) is 3.18. The molecule has 0 spiro atoms. The molecule has 1 aromatic carbocycles. The Hall–Kier alpha value is -2.08. The van der Waals surface area contributed by atoms with Gasteiger partial charge in [-0.25, -0.2) is 4.98 Å². The van der Waals surface area contributed by atoms with Crippen LogP contribution in [0.1, 0.15) is 27.8 Å². The van der Waals surface area contributed by atoms with E-state index in [-0.39, 0.29) is 12.0 Å². The van der Waals surface area contributed by atoms with E-state index in [0.29, 0.717) is 35.4 Å². The van der Waals surface area contributed by atoms with Gasteiger partial charge in [0.1, 0.15) is 17.4 Å². The molecule has 4 rings (SSSR count). The number of aromatic nitrogens is 2. The van der Waals surface area contributed by atoms with Crippen molar-refractivity contribution >= 4 is 34.8 Å². The number of halogens is 2.